The molecule has 1 aromatic carbocycles. The Bertz CT molecular complexity index is 584. The van der Waals surface area contributed by atoms with Crippen molar-refractivity contribution in [2.24, 2.45) is 5.92 Å². The summed E-state index contributed by atoms with van der Waals surface area (Å²) in [5.74, 6) is -2.19. The van der Waals surface area contributed by atoms with Gasteiger partial charge in [-0.25, -0.2) is 0 Å². The van der Waals surface area contributed by atoms with Crippen molar-refractivity contribution >= 4 is 23.4 Å². The van der Waals surface area contributed by atoms with Crippen molar-refractivity contribution < 1.29 is 24.2 Å². The minimum atomic E-state index is -1.17. The Balaban J connectivity index is 2.19. The summed E-state index contributed by atoms with van der Waals surface area (Å²) in [6.45, 7) is 0. The Morgan fingerprint density at radius 1 is 1.30 bits per heavy atom. The van der Waals surface area contributed by atoms with Crippen molar-refractivity contribution in [2.45, 2.75) is 12.8 Å². The molecule has 104 valence electrons. The van der Waals surface area contributed by atoms with Crippen LogP contribution >= 0.6 is 0 Å². The van der Waals surface area contributed by atoms with Gasteiger partial charge in [-0.3, -0.25) is 14.4 Å². The van der Waals surface area contributed by atoms with E-state index in [9.17, 15) is 19.5 Å². The Morgan fingerprint density at radius 2 is 1.95 bits per heavy atom. The molecule has 20 heavy (non-hydrogen) atoms. The van der Waals surface area contributed by atoms with Gasteiger partial charge in [-0.2, -0.15) is 0 Å². The lowest BCUT2D eigenvalue weighted by molar-refractivity contribution is -0.133. The summed E-state index contributed by atoms with van der Waals surface area (Å²) in [6.07, 6.45) is 2.79. The zero-order valence-corrected chi connectivity index (χ0v) is 11.0. The van der Waals surface area contributed by atoms with Crippen molar-refractivity contribution in [3.8, 4) is 11.5 Å². The molecule has 0 spiro atoms. The summed E-state index contributed by atoms with van der Waals surface area (Å²) in [6, 6.07) is 4.84. The second-order valence-electron chi connectivity index (χ2n) is 4.50. The Hall–Kier alpha value is -2.43. The molecule has 5 nitrogen and oxygen atoms in total. The first kappa shape index (κ1) is 14.0. The first-order valence-corrected chi connectivity index (χ1v) is 6.18. The first-order chi connectivity index (χ1) is 9.54. The molecule has 1 N–H and O–H groups in total. The monoisotopic (exact) mass is 274 g/mol. The first-order valence-electron chi connectivity index (χ1n) is 6.18. The number of rotatable bonds is 4. The van der Waals surface area contributed by atoms with Gasteiger partial charge in [-0.1, -0.05) is 12.1 Å². The quantitative estimate of drug-likeness (QED) is 0.665. The molecule has 0 bridgehead atoms. The van der Waals surface area contributed by atoms with Gasteiger partial charge in [0.15, 0.2) is 28.8 Å². The number of para-hydroxylation sites is 1. The number of hydrogen-bond acceptors (Lipinski definition) is 5. The average Bonchev–Trinajstić information content (AvgIpc) is 2.77. The molecule has 0 saturated heterocycles. The molecule has 0 heterocycles. The van der Waals surface area contributed by atoms with Crippen LogP contribution < -0.4 is 4.74 Å². The van der Waals surface area contributed by atoms with Gasteiger partial charge in [-0.15, -0.1) is 0 Å². The maximum Gasteiger partial charge on any atom is 0.173 e. The number of hydrogen-bond donors (Lipinski definition) is 1. The largest absolute Gasteiger partial charge is 0.504 e. The van der Waals surface area contributed by atoms with Gasteiger partial charge in [0, 0.05) is 18.4 Å². The number of carbonyl (C=O) groups excluding carboxylic acids is 3. The highest BCUT2D eigenvalue weighted by atomic mass is 16.5. The van der Waals surface area contributed by atoms with E-state index in [1.54, 1.807) is 18.2 Å². The molecule has 0 radical (unpaired) electrons. The van der Waals surface area contributed by atoms with Gasteiger partial charge in [0.25, 0.3) is 0 Å². The Morgan fingerprint density at radius 3 is 2.55 bits per heavy atom. The number of aromatic hydroxyl groups is 1. The SMILES string of the molecule is COc1cccc(/C=C/C(=O)C2C(=O)CCC2=O)c1O. The van der Waals surface area contributed by atoms with Crippen LogP contribution in [0.25, 0.3) is 6.08 Å². The van der Waals surface area contributed by atoms with E-state index in [4.69, 9.17) is 4.74 Å². The molecule has 5 heteroatoms. The fourth-order valence-corrected chi connectivity index (χ4v) is 2.14. The third-order valence-corrected chi connectivity index (χ3v) is 3.22. The lowest BCUT2D eigenvalue weighted by atomic mass is 9.99. The Labute approximate surface area is 115 Å². The molecule has 0 unspecified atom stereocenters. The van der Waals surface area contributed by atoms with Gasteiger partial charge < -0.3 is 9.84 Å². The lowest BCUT2D eigenvalue weighted by Gasteiger charge is -2.05. The highest BCUT2D eigenvalue weighted by molar-refractivity contribution is 6.26. The number of ketones is 3. The van der Waals surface area contributed by atoms with E-state index < -0.39 is 11.7 Å². The smallest absolute Gasteiger partial charge is 0.173 e. The zero-order chi connectivity index (χ0) is 14.7. The maximum absolute atomic E-state index is 11.9. The second kappa shape index (κ2) is 5.69. The molecule has 2 rings (SSSR count). The van der Waals surface area contributed by atoms with Crippen LogP contribution in [0.5, 0.6) is 11.5 Å². The molecule has 0 amide bonds. The third-order valence-electron chi connectivity index (χ3n) is 3.22. The molecule has 0 aliphatic heterocycles. The Kier molecular flexibility index (Phi) is 3.98. The number of allylic oxidation sites excluding steroid dienone is 1. The van der Waals surface area contributed by atoms with Crippen molar-refractivity contribution in [2.75, 3.05) is 7.11 Å². The topological polar surface area (TPSA) is 80.7 Å². The van der Waals surface area contributed by atoms with E-state index in [2.05, 4.69) is 0 Å². The van der Waals surface area contributed by atoms with Crippen LogP contribution in [0.4, 0.5) is 0 Å². The average molecular weight is 274 g/mol. The van der Waals surface area contributed by atoms with Crippen LogP contribution in [0, 0.1) is 5.92 Å². The number of phenolic OH excluding ortho intramolecular Hbond substituents is 1. The predicted molar refractivity (Wildman–Crippen MR) is 71.4 cm³/mol. The van der Waals surface area contributed by atoms with E-state index >= 15 is 0 Å². The summed E-state index contributed by atoms with van der Waals surface area (Å²) in [7, 11) is 1.42. The minimum Gasteiger partial charge on any atom is -0.504 e. The van der Waals surface area contributed by atoms with Crippen molar-refractivity contribution in [1.29, 1.82) is 0 Å². The molecule has 1 fully saturated rings. The van der Waals surface area contributed by atoms with Crippen molar-refractivity contribution in [3.05, 3.63) is 29.8 Å². The van der Waals surface area contributed by atoms with Crippen LogP contribution in [0.15, 0.2) is 24.3 Å². The highest BCUT2D eigenvalue weighted by Crippen LogP contribution is 2.30. The molecule has 1 aromatic rings. The maximum atomic E-state index is 11.9. The fraction of sp³-hybridized carbons (Fsp3) is 0.267. The standard InChI is InChI=1S/C15H14O5/c1-20-13-4-2-3-9(15(13)19)5-6-10(16)14-11(17)7-8-12(14)18/h2-6,14,19H,7-8H2,1H3/b6-5+. The number of phenols is 1. The number of ether oxygens (including phenoxy) is 1. The lowest BCUT2D eigenvalue weighted by Crippen LogP contribution is -2.23. The van der Waals surface area contributed by atoms with Crippen molar-refractivity contribution in [3.63, 3.8) is 0 Å². The van der Waals surface area contributed by atoms with Crippen LogP contribution in [0.1, 0.15) is 18.4 Å². The third kappa shape index (κ3) is 2.61. The van der Waals surface area contributed by atoms with Crippen LogP contribution in [-0.2, 0) is 14.4 Å². The van der Waals surface area contributed by atoms with Crippen LogP contribution in [0.3, 0.4) is 0 Å². The summed E-state index contributed by atoms with van der Waals surface area (Å²) in [4.78, 5) is 34.8. The van der Waals surface area contributed by atoms with Gasteiger partial charge in [0.1, 0.15) is 5.92 Å². The van der Waals surface area contributed by atoms with Crippen LogP contribution in [-0.4, -0.2) is 29.6 Å². The predicted octanol–water partition coefficient (Wildman–Crippen LogP) is 1.53. The second-order valence-corrected chi connectivity index (χ2v) is 4.50. The van der Waals surface area contributed by atoms with E-state index in [-0.39, 0.29) is 35.9 Å². The molecule has 0 atom stereocenters. The van der Waals surface area contributed by atoms with E-state index in [1.165, 1.54) is 13.2 Å². The fourth-order valence-electron chi connectivity index (χ4n) is 2.14. The van der Waals surface area contributed by atoms with E-state index in [0.717, 1.165) is 6.08 Å². The number of carbonyl (C=O) groups is 3. The zero-order valence-electron chi connectivity index (χ0n) is 11.0. The van der Waals surface area contributed by atoms with E-state index in [1.807, 2.05) is 0 Å². The molecular weight excluding hydrogens is 260 g/mol. The summed E-state index contributed by atoms with van der Waals surface area (Å²) in [5, 5.41) is 9.85. The van der Waals surface area contributed by atoms with Gasteiger partial charge in [0.2, 0.25) is 0 Å². The molecule has 1 aliphatic rings. The van der Waals surface area contributed by atoms with Crippen LogP contribution in [0.2, 0.25) is 0 Å². The number of benzene rings is 1. The molecule has 1 aliphatic carbocycles. The van der Waals surface area contributed by atoms with Gasteiger partial charge >= 0.3 is 0 Å². The van der Waals surface area contributed by atoms with Gasteiger partial charge in [-0.05, 0) is 18.2 Å². The normalized spacial score (nSPS) is 16.1. The van der Waals surface area contributed by atoms with Crippen molar-refractivity contribution in [1.82, 2.24) is 0 Å². The summed E-state index contributed by atoms with van der Waals surface area (Å²) < 4.78 is 4.95. The highest BCUT2D eigenvalue weighted by Gasteiger charge is 2.37. The molecular formula is C15H14O5. The number of methoxy groups -OCH3 is 1. The summed E-state index contributed by atoms with van der Waals surface area (Å²) in [5.41, 5.74) is 0.385. The number of Topliss-reactive ketones (excluding diaryl/α,β-unsaturated/α-hetero) is 2. The van der Waals surface area contributed by atoms with E-state index in [0.29, 0.717) is 5.56 Å². The minimum absolute atomic E-state index is 0.0943. The van der Waals surface area contributed by atoms with Gasteiger partial charge in [0.05, 0.1) is 7.11 Å². The summed E-state index contributed by atoms with van der Waals surface area (Å²) >= 11 is 0. The molecule has 0 aromatic heterocycles. The molecule has 1 saturated carbocycles.